The number of carbonyl (C=O) groups is 1. The molecule has 90 valence electrons. The van der Waals surface area contributed by atoms with Crippen molar-refractivity contribution in [2.75, 3.05) is 18.4 Å². The molecule has 0 bridgehead atoms. The number of fused-ring (bicyclic) bond motifs is 1. The van der Waals surface area contributed by atoms with E-state index in [2.05, 4.69) is 15.0 Å². The fraction of sp³-hybridized carbons (Fsp3) is 0.333. The number of amides is 1. The Bertz CT molecular complexity index is 509. The summed E-state index contributed by atoms with van der Waals surface area (Å²) in [4.78, 5) is 11.3. The first-order valence-corrected chi connectivity index (χ1v) is 6.43. The van der Waals surface area contributed by atoms with Gasteiger partial charge in [-0.1, -0.05) is 12.1 Å². The van der Waals surface area contributed by atoms with E-state index in [1.54, 1.807) is 0 Å². The molecule has 17 heavy (non-hydrogen) atoms. The average Bonchev–Trinajstić information content (AvgIpc) is 2.73. The van der Waals surface area contributed by atoms with E-state index < -0.39 is 0 Å². The molecule has 0 saturated heterocycles. The van der Waals surface area contributed by atoms with Gasteiger partial charge in [0, 0.05) is 24.9 Å². The second kappa shape index (κ2) is 5.63. The number of nitrogens with zero attached hydrogens (tertiary/aromatic N) is 1. The predicted octanol–water partition coefficient (Wildman–Crippen LogP) is 2.23. The SMILES string of the molecule is CCNC(=O)CCNc1snc2ccccc12. The van der Waals surface area contributed by atoms with Gasteiger partial charge in [0.25, 0.3) is 0 Å². The number of nitrogens with one attached hydrogen (secondary N) is 2. The first-order chi connectivity index (χ1) is 8.31. The molecule has 0 saturated carbocycles. The molecule has 0 aliphatic heterocycles. The molecular weight excluding hydrogens is 234 g/mol. The van der Waals surface area contributed by atoms with Gasteiger partial charge in [0.2, 0.25) is 5.91 Å². The van der Waals surface area contributed by atoms with Gasteiger partial charge < -0.3 is 10.6 Å². The molecule has 4 nitrogen and oxygen atoms in total. The first-order valence-electron chi connectivity index (χ1n) is 5.66. The lowest BCUT2D eigenvalue weighted by atomic mass is 10.2. The molecule has 0 fully saturated rings. The van der Waals surface area contributed by atoms with Crippen LogP contribution in [0.2, 0.25) is 0 Å². The highest BCUT2D eigenvalue weighted by molar-refractivity contribution is 7.11. The Kier molecular flexibility index (Phi) is 3.93. The highest BCUT2D eigenvalue weighted by Gasteiger charge is 2.05. The summed E-state index contributed by atoms with van der Waals surface area (Å²) in [5.41, 5.74) is 0.998. The van der Waals surface area contributed by atoms with Crippen molar-refractivity contribution in [2.45, 2.75) is 13.3 Å². The van der Waals surface area contributed by atoms with Crippen LogP contribution in [0.5, 0.6) is 0 Å². The van der Waals surface area contributed by atoms with Crippen LogP contribution in [0.1, 0.15) is 13.3 Å². The Hall–Kier alpha value is -1.62. The number of rotatable bonds is 5. The van der Waals surface area contributed by atoms with Gasteiger partial charge >= 0.3 is 0 Å². The van der Waals surface area contributed by atoms with Crippen LogP contribution >= 0.6 is 11.5 Å². The fourth-order valence-electron chi connectivity index (χ4n) is 1.59. The van der Waals surface area contributed by atoms with Crippen LogP contribution in [-0.4, -0.2) is 23.4 Å². The zero-order valence-electron chi connectivity index (χ0n) is 9.69. The molecule has 0 spiro atoms. The molecule has 0 radical (unpaired) electrons. The van der Waals surface area contributed by atoms with E-state index >= 15 is 0 Å². The summed E-state index contributed by atoms with van der Waals surface area (Å²) in [7, 11) is 0. The molecule has 1 amide bonds. The molecule has 0 unspecified atom stereocenters. The topological polar surface area (TPSA) is 54.0 Å². The van der Waals surface area contributed by atoms with Crippen LogP contribution < -0.4 is 10.6 Å². The first kappa shape index (κ1) is 11.9. The minimum absolute atomic E-state index is 0.0776. The van der Waals surface area contributed by atoms with Gasteiger partial charge in [-0.15, -0.1) is 0 Å². The zero-order valence-corrected chi connectivity index (χ0v) is 10.5. The summed E-state index contributed by atoms with van der Waals surface area (Å²) >= 11 is 1.44. The van der Waals surface area contributed by atoms with Crippen molar-refractivity contribution in [3.8, 4) is 0 Å². The average molecular weight is 249 g/mol. The maximum Gasteiger partial charge on any atom is 0.221 e. The number of benzene rings is 1. The highest BCUT2D eigenvalue weighted by Crippen LogP contribution is 2.26. The number of carbonyl (C=O) groups excluding carboxylic acids is 1. The van der Waals surface area contributed by atoms with Gasteiger partial charge in [-0.2, -0.15) is 4.37 Å². The van der Waals surface area contributed by atoms with E-state index in [1.807, 2.05) is 31.2 Å². The van der Waals surface area contributed by atoms with E-state index in [-0.39, 0.29) is 5.91 Å². The minimum atomic E-state index is 0.0776. The molecule has 2 rings (SSSR count). The molecule has 2 aromatic rings. The lowest BCUT2D eigenvalue weighted by Gasteiger charge is -2.04. The van der Waals surface area contributed by atoms with Crippen molar-refractivity contribution in [3.05, 3.63) is 24.3 Å². The van der Waals surface area contributed by atoms with E-state index in [0.29, 0.717) is 19.5 Å². The molecule has 1 aromatic heterocycles. The van der Waals surface area contributed by atoms with Crippen LogP contribution in [0, 0.1) is 0 Å². The molecule has 5 heteroatoms. The van der Waals surface area contributed by atoms with Gasteiger partial charge in [0.15, 0.2) is 0 Å². The predicted molar refractivity (Wildman–Crippen MR) is 71.4 cm³/mol. The Balaban J connectivity index is 1.93. The van der Waals surface area contributed by atoms with Crippen molar-refractivity contribution in [2.24, 2.45) is 0 Å². The molecule has 0 aliphatic rings. The van der Waals surface area contributed by atoms with Gasteiger partial charge in [-0.3, -0.25) is 4.79 Å². The number of anilines is 1. The minimum Gasteiger partial charge on any atom is -0.375 e. The van der Waals surface area contributed by atoms with Crippen LogP contribution in [0.15, 0.2) is 24.3 Å². The summed E-state index contributed by atoms with van der Waals surface area (Å²) in [6.07, 6.45) is 0.486. The lowest BCUT2D eigenvalue weighted by molar-refractivity contribution is -0.120. The van der Waals surface area contributed by atoms with Crippen LogP contribution in [-0.2, 0) is 4.79 Å². The number of hydrogen-bond acceptors (Lipinski definition) is 4. The number of aromatic nitrogens is 1. The third-order valence-electron chi connectivity index (χ3n) is 2.40. The third-order valence-corrected chi connectivity index (χ3v) is 3.23. The van der Waals surface area contributed by atoms with Crippen molar-refractivity contribution < 1.29 is 4.79 Å². The second-order valence-electron chi connectivity index (χ2n) is 3.66. The van der Waals surface area contributed by atoms with Gasteiger partial charge in [0.1, 0.15) is 5.00 Å². The van der Waals surface area contributed by atoms with Gasteiger partial charge in [-0.25, -0.2) is 0 Å². The van der Waals surface area contributed by atoms with Gasteiger partial charge in [-0.05, 0) is 30.6 Å². The van der Waals surface area contributed by atoms with Crippen molar-refractivity contribution >= 4 is 33.3 Å². The quantitative estimate of drug-likeness (QED) is 0.854. The monoisotopic (exact) mass is 249 g/mol. The van der Waals surface area contributed by atoms with E-state index in [1.165, 1.54) is 11.5 Å². The third kappa shape index (κ3) is 2.94. The second-order valence-corrected chi connectivity index (χ2v) is 4.43. The standard InChI is InChI=1S/C12H15N3OS/c1-2-13-11(16)7-8-14-12-9-5-3-4-6-10(9)15-17-12/h3-6,14H,2,7-8H2,1H3,(H,13,16). The maximum atomic E-state index is 11.3. The lowest BCUT2D eigenvalue weighted by Crippen LogP contribution is -2.24. The summed E-state index contributed by atoms with van der Waals surface area (Å²) in [5, 5.41) is 8.17. The number of hydrogen-bond donors (Lipinski definition) is 2. The molecule has 1 aromatic carbocycles. The van der Waals surface area contributed by atoms with Crippen LogP contribution in [0.3, 0.4) is 0 Å². The largest absolute Gasteiger partial charge is 0.375 e. The highest BCUT2D eigenvalue weighted by atomic mass is 32.1. The van der Waals surface area contributed by atoms with E-state index in [4.69, 9.17) is 0 Å². The van der Waals surface area contributed by atoms with Crippen LogP contribution in [0.4, 0.5) is 5.00 Å². The molecule has 1 heterocycles. The molecular formula is C12H15N3OS. The maximum absolute atomic E-state index is 11.3. The van der Waals surface area contributed by atoms with Crippen molar-refractivity contribution in [3.63, 3.8) is 0 Å². The van der Waals surface area contributed by atoms with Gasteiger partial charge in [0.05, 0.1) is 5.52 Å². The summed E-state index contributed by atoms with van der Waals surface area (Å²) in [6.45, 7) is 3.24. The summed E-state index contributed by atoms with van der Waals surface area (Å²) in [6, 6.07) is 7.99. The van der Waals surface area contributed by atoms with Crippen molar-refractivity contribution in [1.82, 2.24) is 9.69 Å². The summed E-state index contributed by atoms with van der Waals surface area (Å²) < 4.78 is 4.33. The Morgan fingerprint density at radius 1 is 1.41 bits per heavy atom. The van der Waals surface area contributed by atoms with Crippen molar-refractivity contribution in [1.29, 1.82) is 0 Å². The smallest absolute Gasteiger partial charge is 0.221 e. The molecule has 2 N–H and O–H groups in total. The Morgan fingerprint density at radius 2 is 2.24 bits per heavy atom. The van der Waals surface area contributed by atoms with E-state index in [9.17, 15) is 4.79 Å². The van der Waals surface area contributed by atoms with Crippen LogP contribution in [0.25, 0.3) is 10.9 Å². The fourth-order valence-corrected chi connectivity index (χ4v) is 2.38. The van der Waals surface area contributed by atoms with E-state index in [0.717, 1.165) is 15.9 Å². The Morgan fingerprint density at radius 3 is 3.06 bits per heavy atom. The summed E-state index contributed by atoms with van der Waals surface area (Å²) in [5.74, 6) is 0.0776. The Labute approximate surface area is 104 Å². The molecule has 0 aliphatic carbocycles. The normalized spacial score (nSPS) is 10.4. The molecule has 0 atom stereocenters. The zero-order chi connectivity index (χ0) is 12.1.